The van der Waals surface area contributed by atoms with Crippen molar-refractivity contribution < 1.29 is 9.59 Å². The molecule has 0 saturated carbocycles. The van der Waals surface area contributed by atoms with Gasteiger partial charge in [0.05, 0.1) is 12.5 Å². The highest BCUT2D eigenvalue weighted by molar-refractivity contribution is 7.12. The molecule has 1 aliphatic rings. The van der Waals surface area contributed by atoms with Crippen molar-refractivity contribution in [2.24, 2.45) is 0 Å². The molecule has 1 aromatic heterocycles. The van der Waals surface area contributed by atoms with Crippen LogP contribution in [0.1, 0.15) is 41.6 Å². The zero-order chi connectivity index (χ0) is 14.2. The third-order valence-electron chi connectivity index (χ3n) is 3.56. The van der Waals surface area contributed by atoms with Crippen LogP contribution >= 0.6 is 11.3 Å². The van der Waals surface area contributed by atoms with Crippen LogP contribution in [-0.2, 0) is 9.59 Å². The number of thiophene rings is 1. The molecule has 2 heterocycles. The van der Waals surface area contributed by atoms with Crippen LogP contribution in [0.4, 0.5) is 0 Å². The summed E-state index contributed by atoms with van der Waals surface area (Å²) in [5.41, 5.74) is 1.22. The molecule has 0 radical (unpaired) electrons. The van der Waals surface area contributed by atoms with E-state index in [1.54, 1.807) is 11.3 Å². The first-order valence-corrected chi connectivity index (χ1v) is 7.42. The second-order valence-electron chi connectivity index (χ2n) is 4.99. The first-order valence-electron chi connectivity index (χ1n) is 6.61. The minimum Gasteiger partial charge on any atom is -0.299 e. The zero-order valence-corrected chi connectivity index (χ0v) is 12.6. The van der Waals surface area contributed by atoms with Crippen LogP contribution in [0.3, 0.4) is 0 Å². The maximum atomic E-state index is 12.0. The summed E-state index contributed by atoms with van der Waals surface area (Å²) in [6.07, 6.45) is 0.277. The Labute approximate surface area is 117 Å². The lowest BCUT2D eigenvalue weighted by Gasteiger charge is -2.18. The second-order valence-corrected chi connectivity index (χ2v) is 6.45. The van der Waals surface area contributed by atoms with Gasteiger partial charge in [-0.15, -0.1) is 11.3 Å². The molecule has 0 aliphatic carbocycles. The molecule has 1 aromatic rings. The third-order valence-corrected chi connectivity index (χ3v) is 4.54. The summed E-state index contributed by atoms with van der Waals surface area (Å²) in [7, 11) is 0. The summed E-state index contributed by atoms with van der Waals surface area (Å²) in [5, 5.41) is 3.29. The Hall–Kier alpha value is -1.20. The quantitative estimate of drug-likeness (QED) is 0.860. The predicted molar refractivity (Wildman–Crippen MR) is 76.1 cm³/mol. The summed E-state index contributed by atoms with van der Waals surface area (Å²) >= 11 is 1.76. The van der Waals surface area contributed by atoms with Gasteiger partial charge in [-0.2, -0.15) is 0 Å². The normalized spacial score (nSPS) is 21.3. The van der Waals surface area contributed by atoms with Crippen LogP contribution in [-0.4, -0.2) is 29.3 Å². The lowest BCUT2D eigenvalue weighted by molar-refractivity contribution is -0.138. The van der Waals surface area contributed by atoms with E-state index < -0.39 is 0 Å². The summed E-state index contributed by atoms with van der Waals surface area (Å²) in [5.74, 6) is -0.167. The molecule has 1 saturated heterocycles. The van der Waals surface area contributed by atoms with Crippen LogP contribution in [0.5, 0.6) is 0 Å². The van der Waals surface area contributed by atoms with E-state index in [1.807, 2.05) is 13.8 Å². The van der Waals surface area contributed by atoms with Crippen LogP contribution in [0.15, 0.2) is 6.07 Å². The Kier molecular flexibility index (Phi) is 4.06. The van der Waals surface area contributed by atoms with Gasteiger partial charge in [-0.1, -0.05) is 0 Å². The van der Waals surface area contributed by atoms with Crippen molar-refractivity contribution in [3.63, 3.8) is 0 Å². The summed E-state index contributed by atoms with van der Waals surface area (Å²) < 4.78 is 0. The molecule has 1 aliphatic heterocycles. The Morgan fingerprint density at radius 3 is 2.63 bits per heavy atom. The molecule has 0 spiro atoms. The van der Waals surface area contributed by atoms with Gasteiger partial charge in [0, 0.05) is 22.3 Å². The van der Waals surface area contributed by atoms with Gasteiger partial charge in [0.1, 0.15) is 0 Å². The van der Waals surface area contributed by atoms with Crippen molar-refractivity contribution in [3.8, 4) is 0 Å². The molecule has 19 heavy (non-hydrogen) atoms. The Morgan fingerprint density at radius 2 is 2.16 bits per heavy atom. The van der Waals surface area contributed by atoms with Crippen molar-refractivity contribution in [1.82, 2.24) is 10.2 Å². The average molecular weight is 280 g/mol. The number of hydrogen-bond donors (Lipinski definition) is 1. The van der Waals surface area contributed by atoms with Crippen LogP contribution in [0.2, 0.25) is 0 Å². The van der Waals surface area contributed by atoms with E-state index in [9.17, 15) is 9.59 Å². The van der Waals surface area contributed by atoms with Crippen molar-refractivity contribution in [2.75, 3.05) is 6.54 Å². The molecule has 0 aromatic carbocycles. The summed E-state index contributed by atoms with van der Waals surface area (Å²) in [6.45, 7) is 8.50. The topological polar surface area (TPSA) is 49.4 Å². The molecule has 2 rings (SSSR count). The number of likely N-dealkylation sites (N-methyl/N-ethyl adjacent to an activating group) is 1. The minimum absolute atomic E-state index is 0.0737. The fraction of sp³-hybridized carbons (Fsp3) is 0.571. The number of carbonyl (C=O) groups is 2. The van der Waals surface area contributed by atoms with Gasteiger partial charge in [-0.25, -0.2) is 0 Å². The molecule has 2 unspecified atom stereocenters. The maximum Gasteiger partial charge on any atom is 0.246 e. The van der Waals surface area contributed by atoms with Gasteiger partial charge in [-0.05, 0) is 39.3 Å². The molecule has 5 heteroatoms. The monoisotopic (exact) mass is 280 g/mol. The molecule has 4 nitrogen and oxygen atoms in total. The zero-order valence-electron chi connectivity index (χ0n) is 11.8. The average Bonchev–Trinajstić information content (AvgIpc) is 2.80. The molecule has 1 N–H and O–H groups in total. The molecule has 2 atom stereocenters. The molecule has 0 bridgehead atoms. The number of amides is 2. The highest BCUT2D eigenvalue weighted by Crippen LogP contribution is 2.27. The van der Waals surface area contributed by atoms with Crippen LogP contribution in [0.25, 0.3) is 0 Å². The lowest BCUT2D eigenvalue weighted by atomic mass is 10.1. The van der Waals surface area contributed by atoms with Gasteiger partial charge in [0.2, 0.25) is 11.8 Å². The van der Waals surface area contributed by atoms with Gasteiger partial charge < -0.3 is 0 Å². The van der Waals surface area contributed by atoms with Crippen molar-refractivity contribution in [2.45, 2.75) is 46.2 Å². The van der Waals surface area contributed by atoms with Gasteiger partial charge in [0.15, 0.2) is 0 Å². The molecular weight excluding hydrogens is 260 g/mol. The number of nitrogens with one attached hydrogen (secondary N) is 1. The predicted octanol–water partition coefficient (Wildman–Crippen LogP) is 2.16. The van der Waals surface area contributed by atoms with Gasteiger partial charge in [0.25, 0.3) is 0 Å². The SMILES string of the molecule is CCN1C(=O)CC(NC(C)c2cc(C)sc2C)C1=O. The fourth-order valence-electron chi connectivity index (χ4n) is 2.62. The van der Waals surface area contributed by atoms with E-state index in [1.165, 1.54) is 20.2 Å². The Bertz CT molecular complexity index is 510. The number of nitrogens with zero attached hydrogens (tertiary/aromatic N) is 1. The highest BCUT2D eigenvalue weighted by Gasteiger charge is 2.38. The maximum absolute atomic E-state index is 12.0. The minimum atomic E-state index is -0.373. The molecular formula is C14H20N2O2S. The number of carbonyl (C=O) groups excluding carboxylic acids is 2. The smallest absolute Gasteiger partial charge is 0.246 e. The van der Waals surface area contributed by atoms with Gasteiger partial charge in [-0.3, -0.25) is 19.8 Å². The molecule has 1 fully saturated rings. The Morgan fingerprint density at radius 1 is 1.47 bits per heavy atom. The third kappa shape index (κ3) is 2.72. The van der Waals surface area contributed by atoms with E-state index in [0.717, 1.165) is 0 Å². The number of imide groups is 1. The van der Waals surface area contributed by atoms with E-state index >= 15 is 0 Å². The van der Waals surface area contributed by atoms with Crippen LogP contribution in [0, 0.1) is 13.8 Å². The number of hydrogen-bond acceptors (Lipinski definition) is 4. The Balaban J connectivity index is 2.08. The second kappa shape index (κ2) is 5.43. The van der Waals surface area contributed by atoms with E-state index in [2.05, 4.69) is 25.2 Å². The fourth-order valence-corrected chi connectivity index (χ4v) is 3.64. The highest BCUT2D eigenvalue weighted by atomic mass is 32.1. The number of likely N-dealkylation sites (tertiary alicyclic amines) is 1. The largest absolute Gasteiger partial charge is 0.299 e. The van der Waals surface area contributed by atoms with Crippen molar-refractivity contribution in [1.29, 1.82) is 0 Å². The standard InChI is InChI=1S/C14H20N2O2S/c1-5-16-13(17)7-12(14(16)18)15-9(3)11-6-8(2)19-10(11)4/h6,9,12,15H,5,7H2,1-4H3. The van der Waals surface area contributed by atoms with E-state index in [0.29, 0.717) is 6.54 Å². The van der Waals surface area contributed by atoms with E-state index in [-0.39, 0.29) is 30.3 Å². The van der Waals surface area contributed by atoms with Crippen LogP contribution < -0.4 is 5.32 Å². The summed E-state index contributed by atoms with van der Waals surface area (Å²) in [4.78, 5) is 27.6. The number of rotatable bonds is 4. The van der Waals surface area contributed by atoms with Gasteiger partial charge >= 0.3 is 0 Å². The van der Waals surface area contributed by atoms with Crippen molar-refractivity contribution >= 4 is 23.2 Å². The lowest BCUT2D eigenvalue weighted by Crippen LogP contribution is -2.39. The molecule has 104 valence electrons. The van der Waals surface area contributed by atoms with Crippen molar-refractivity contribution in [3.05, 3.63) is 21.4 Å². The summed E-state index contributed by atoms with van der Waals surface area (Å²) in [6, 6.07) is 1.86. The first-order chi connectivity index (χ1) is 8.93. The first kappa shape index (κ1) is 14.2. The van der Waals surface area contributed by atoms with E-state index in [4.69, 9.17) is 0 Å². The number of aryl methyl sites for hydroxylation is 2. The molecule has 2 amide bonds.